The second-order valence-electron chi connectivity index (χ2n) is 5.94. The molecule has 0 radical (unpaired) electrons. The van der Waals surface area contributed by atoms with Crippen LogP contribution in [0, 0.1) is 13.8 Å². The van der Waals surface area contributed by atoms with E-state index in [1.54, 1.807) is 18.8 Å². The van der Waals surface area contributed by atoms with Crippen LogP contribution in [0.15, 0.2) is 11.1 Å². The first-order valence-corrected chi connectivity index (χ1v) is 7.66. The number of carbonyl (C=O) groups excluding carboxylic acids is 2. The smallest absolute Gasteiger partial charge is 0.381 e. The molecule has 128 valence electrons. The van der Waals surface area contributed by atoms with Crippen LogP contribution >= 0.6 is 0 Å². The summed E-state index contributed by atoms with van der Waals surface area (Å²) in [4.78, 5) is 32.0. The molecule has 9 nitrogen and oxygen atoms in total. The van der Waals surface area contributed by atoms with Gasteiger partial charge in [-0.3, -0.25) is 14.6 Å². The molecule has 3 heterocycles. The van der Waals surface area contributed by atoms with Gasteiger partial charge in [0.05, 0.1) is 18.8 Å². The average Bonchev–Trinajstić information content (AvgIpc) is 3.08. The van der Waals surface area contributed by atoms with Crippen LogP contribution in [0.3, 0.4) is 0 Å². The van der Waals surface area contributed by atoms with Gasteiger partial charge in [-0.05, 0) is 19.9 Å². The Kier molecular flexibility index (Phi) is 3.96. The Morgan fingerprint density at radius 1 is 1.25 bits per heavy atom. The summed E-state index contributed by atoms with van der Waals surface area (Å²) in [5.74, 6) is 0.646. The van der Waals surface area contributed by atoms with Gasteiger partial charge in [0.2, 0.25) is 11.9 Å². The molecule has 0 saturated carbocycles. The molecule has 9 heteroatoms. The molecule has 3 amide bonds. The molecule has 1 atom stereocenters. The lowest BCUT2D eigenvalue weighted by Gasteiger charge is -2.31. The number of rotatable bonds is 3. The van der Waals surface area contributed by atoms with E-state index in [1.807, 2.05) is 24.5 Å². The number of fused-ring (bicyclic) bond motifs is 1. The van der Waals surface area contributed by atoms with Crippen molar-refractivity contribution < 1.29 is 18.9 Å². The summed E-state index contributed by atoms with van der Waals surface area (Å²) in [7, 11) is 4.70. The zero-order valence-corrected chi connectivity index (χ0v) is 14.5. The summed E-state index contributed by atoms with van der Waals surface area (Å²) >= 11 is 0. The van der Waals surface area contributed by atoms with Crippen molar-refractivity contribution in [3.8, 4) is 0 Å². The Morgan fingerprint density at radius 2 is 1.96 bits per heavy atom. The van der Waals surface area contributed by atoms with Crippen molar-refractivity contribution in [2.75, 3.05) is 34.4 Å². The summed E-state index contributed by atoms with van der Waals surface area (Å²) in [6, 6.07) is 0.898. The van der Waals surface area contributed by atoms with Gasteiger partial charge in [-0.2, -0.15) is 0 Å². The number of methoxy groups -OCH3 is 1. The lowest BCUT2D eigenvalue weighted by atomic mass is 10.1. The van der Waals surface area contributed by atoms with Crippen LogP contribution in [-0.2, 0) is 9.53 Å². The van der Waals surface area contributed by atoms with Crippen molar-refractivity contribution in [2.45, 2.75) is 19.9 Å². The van der Waals surface area contributed by atoms with Crippen molar-refractivity contribution in [2.24, 2.45) is 4.99 Å². The number of aliphatic imine (C=N–C) groups is 1. The molecule has 0 spiro atoms. The zero-order chi connectivity index (χ0) is 17.6. The van der Waals surface area contributed by atoms with Crippen LogP contribution < -0.4 is 0 Å². The molecule has 1 aromatic heterocycles. The molecule has 24 heavy (non-hydrogen) atoms. The van der Waals surface area contributed by atoms with E-state index in [0.717, 1.165) is 16.3 Å². The number of nitrogens with zero attached hydrogens (tertiary/aromatic N) is 6. The fraction of sp³-hybridized carbons (Fsp3) is 0.533. The predicted octanol–water partition coefficient (Wildman–Crippen LogP) is -0.333. The maximum Gasteiger partial charge on any atom is 0.421 e. The van der Waals surface area contributed by atoms with Crippen molar-refractivity contribution in [1.82, 2.24) is 19.6 Å². The molecule has 0 aromatic carbocycles. The largest absolute Gasteiger partial charge is 0.421 e. The van der Waals surface area contributed by atoms with E-state index in [-0.39, 0.29) is 5.91 Å². The highest BCUT2D eigenvalue weighted by Gasteiger charge is 2.52. The molecule has 0 aliphatic carbocycles. The van der Waals surface area contributed by atoms with E-state index in [4.69, 9.17) is 4.74 Å². The maximum atomic E-state index is 12.7. The number of urea groups is 1. The summed E-state index contributed by atoms with van der Waals surface area (Å²) in [6.45, 7) is 4.71. The van der Waals surface area contributed by atoms with Gasteiger partial charge in [0, 0.05) is 21.2 Å². The summed E-state index contributed by atoms with van der Waals surface area (Å²) < 4.78 is 8.70. The molecular formula is C15H21N6O3+. The molecule has 1 fully saturated rings. The van der Waals surface area contributed by atoms with Gasteiger partial charge < -0.3 is 4.74 Å². The third-order valence-corrected chi connectivity index (χ3v) is 4.25. The first-order valence-electron chi connectivity index (χ1n) is 7.66. The maximum absolute atomic E-state index is 12.7. The first kappa shape index (κ1) is 16.3. The molecule has 1 aromatic rings. The standard InChI is InChI=1S/C15H21N6O3/c1-9-8-10(2)21(17-9)14-16-12-11(20(14)6-7-24-5)13(22)19(4)15(23)18(12)3/h8,11H,6-7H2,1-5H3/q+1. The number of imide groups is 1. The number of hydrogen-bond donors (Lipinski definition) is 0. The minimum atomic E-state index is -0.647. The van der Waals surface area contributed by atoms with Gasteiger partial charge in [0.1, 0.15) is 5.69 Å². The Labute approximate surface area is 139 Å². The lowest BCUT2D eigenvalue weighted by Crippen LogP contribution is -2.61. The molecule has 2 aliphatic heterocycles. The molecule has 0 bridgehead atoms. The minimum Gasteiger partial charge on any atom is -0.381 e. The van der Waals surface area contributed by atoms with Gasteiger partial charge in [-0.15, -0.1) is 9.78 Å². The number of amides is 3. The molecule has 1 unspecified atom stereocenters. The molecule has 0 N–H and O–H groups in total. The van der Waals surface area contributed by atoms with Gasteiger partial charge in [0.25, 0.3) is 5.91 Å². The number of aromatic nitrogens is 2. The summed E-state index contributed by atoms with van der Waals surface area (Å²) in [5.41, 5.74) is 1.76. The molecule has 1 saturated heterocycles. The van der Waals surface area contributed by atoms with Crippen LogP contribution in [0.25, 0.3) is 0 Å². The molecule has 2 aliphatic rings. The van der Waals surface area contributed by atoms with Crippen molar-refractivity contribution in [1.29, 1.82) is 0 Å². The number of aryl methyl sites for hydroxylation is 2. The topological polar surface area (TPSA) is 83.0 Å². The fourth-order valence-electron chi connectivity index (χ4n) is 3.00. The van der Waals surface area contributed by atoms with Gasteiger partial charge in [0.15, 0.2) is 0 Å². The third kappa shape index (κ3) is 2.32. The van der Waals surface area contributed by atoms with Gasteiger partial charge in [-0.25, -0.2) is 9.37 Å². The zero-order valence-electron chi connectivity index (χ0n) is 14.5. The van der Waals surface area contributed by atoms with Crippen LogP contribution in [0.4, 0.5) is 4.79 Å². The van der Waals surface area contributed by atoms with E-state index in [2.05, 4.69) is 10.1 Å². The lowest BCUT2D eigenvalue weighted by molar-refractivity contribution is -0.539. The first-order chi connectivity index (χ1) is 11.4. The second-order valence-corrected chi connectivity index (χ2v) is 5.94. The van der Waals surface area contributed by atoms with E-state index < -0.39 is 12.1 Å². The Morgan fingerprint density at radius 3 is 2.54 bits per heavy atom. The number of carbonyl (C=O) groups is 2. The number of amidine groups is 1. The normalized spacial score (nSPS) is 20.9. The second kappa shape index (κ2) is 5.82. The highest BCUT2D eigenvalue weighted by molar-refractivity contribution is 6.22. The van der Waals surface area contributed by atoms with Gasteiger partial charge >= 0.3 is 12.0 Å². The van der Waals surface area contributed by atoms with Crippen LogP contribution in [0.5, 0.6) is 0 Å². The van der Waals surface area contributed by atoms with Crippen molar-refractivity contribution >= 4 is 23.7 Å². The molecular weight excluding hydrogens is 312 g/mol. The average molecular weight is 333 g/mol. The predicted molar refractivity (Wildman–Crippen MR) is 86.3 cm³/mol. The van der Waals surface area contributed by atoms with Crippen molar-refractivity contribution in [3.05, 3.63) is 17.5 Å². The summed E-state index contributed by atoms with van der Waals surface area (Å²) in [5, 5.41) is 4.46. The van der Waals surface area contributed by atoms with Crippen LogP contribution in [-0.4, -0.2) is 88.3 Å². The highest BCUT2D eigenvalue weighted by atomic mass is 16.5. The van der Waals surface area contributed by atoms with E-state index in [9.17, 15) is 9.59 Å². The minimum absolute atomic E-state index is 0.301. The van der Waals surface area contributed by atoms with E-state index >= 15 is 0 Å². The van der Waals surface area contributed by atoms with Crippen LogP contribution in [0.2, 0.25) is 0 Å². The van der Waals surface area contributed by atoms with Crippen LogP contribution in [0.1, 0.15) is 11.4 Å². The Hall–Kier alpha value is -2.55. The number of likely N-dealkylation sites (N-methyl/N-ethyl adjacent to an activating group) is 2. The van der Waals surface area contributed by atoms with E-state index in [0.29, 0.717) is 24.9 Å². The third-order valence-electron chi connectivity index (χ3n) is 4.25. The monoisotopic (exact) mass is 333 g/mol. The quantitative estimate of drug-likeness (QED) is 0.709. The number of ether oxygens (including phenoxy) is 1. The van der Waals surface area contributed by atoms with Crippen molar-refractivity contribution in [3.63, 3.8) is 0 Å². The summed E-state index contributed by atoms with van der Waals surface area (Å²) in [6.07, 6.45) is 0. The van der Waals surface area contributed by atoms with Gasteiger partial charge in [-0.1, -0.05) is 4.99 Å². The fourth-order valence-corrected chi connectivity index (χ4v) is 3.00. The number of hydrogen-bond acceptors (Lipinski definition) is 5. The molecule has 3 rings (SSSR count). The van der Waals surface area contributed by atoms with E-state index in [1.165, 1.54) is 11.9 Å². The SMILES string of the molecule is COCC[N+]1=C(n2nc(C)cc2C)N=C2C1C(=O)N(C)C(=O)N2C. The Balaban J connectivity index is 2.14. The highest BCUT2D eigenvalue weighted by Crippen LogP contribution is 2.20. The Bertz CT molecular complexity index is 778.